The molecule has 3 N–H and O–H groups in total. The van der Waals surface area contributed by atoms with E-state index in [0.29, 0.717) is 5.84 Å². The predicted octanol–water partition coefficient (Wildman–Crippen LogP) is 0.811. The topological polar surface area (TPSA) is 79.7 Å². The Morgan fingerprint density at radius 2 is 2.21 bits per heavy atom. The van der Waals surface area contributed by atoms with Crippen LogP contribution in [0, 0.1) is 5.41 Å². The highest BCUT2D eigenvalue weighted by Crippen LogP contribution is 2.30. The lowest BCUT2D eigenvalue weighted by Crippen LogP contribution is -2.46. The quantitative estimate of drug-likeness (QED) is 0.365. The van der Waals surface area contributed by atoms with E-state index in [-0.39, 0.29) is 5.41 Å². The smallest absolute Gasteiger partial charge is 0.145 e. The Bertz CT molecular complexity index is 446. The monoisotopic (exact) mass is 265 g/mol. The fourth-order valence-corrected chi connectivity index (χ4v) is 2.54. The van der Waals surface area contributed by atoms with Gasteiger partial charge in [0.1, 0.15) is 11.7 Å². The van der Waals surface area contributed by atoms with Crippen LogP contribution in [0.4, 0.5) is 0 Å². The molecule has 0 saturated carbocycles. The maximum atomic E-state index is 8.82. The van der Waals surface area contributed by atoms with Crippen molar-refractivity contribution in [1.29, 1.82) is 0 Å². The lowest BCUT2D eigenvalue weighted by atomic mass is 9.79. The standard InChI is InChI=1S/C13H23N5O/c1-13(12(14)16-19)4-8-18(9-5-13)7-3-11-15-6-10-17(11)2/h6,10,19H,3-5,7-9H2,1-2H3,(H2,14,16). The van der Waals surface area contributed by atoms with Crippen molar-refractivity contribution in [3.05, 3.63) is 18.2 Å². The van der Waals surface area contributed by atoms with Crippen LogP contribution in [0.25, 0.3) is 0 Å². The number of oxime groups is 1. The van der Waals surface area contributed by atoms with Crippen LogP contribution in [0.1, 0.15) is 25.6 Å². The number of hydrogen-bond acceptors (Lipinski definition) is 4. The molecule has 0 atom stereocenters. The largest absolute Gasteiger partial charge is 0.409 e. The minimum absolute atomic E-state index is 0.158. The molecule has 0 aliphatic carbocycles. The number of hydrogen-bond donors (Lipinski definition) is 2. The van der Waals surface area contributed by atoms with Crippen LogP contribution in [-0.2, 0) is 13.5 Å². The summed E-state index contributed by atoms with van der Waals surface area (Å²) in [4.78, 5) is 6.75. The molecule has 1 fully saturated rings. The van der Waals surface area contributed by atoms with Gasteiger partial charge in [-0.15, -0.1) is 0 Å². The molecule has 6 heteroatoms. The number of likely N-dealkylation sites (tertiary alicyclic amines) is 1. The molecule has 1 aromatic rings. The lowest BCUT2D eigenvalue weighted by molar-refractivity contribution is 0.160. The molecule has 0 bridgehead atoms. The number of amidine groups is 1. The van der Waals surface area contributed by atoms with Crippen LogP contribution in [0.2, 0.25) is 0 Å². The maximum Gasteiger partial charge on any atom is 0.145 e. The second-order valence-corrected chi connectivity index (χ2v) is 5.59. The molecule has 0 unspecified atom stereocenters. The number of rotatable bonds is 4. The summed E-state index contributed by atoms with van der Waals surface area (Å²) in [6, 6.07) is 0. The second kappa shape index (κ2) is 5.61. The Hall–Kier alpha value is -1.56. The molecule has 106 valence electrons. The van der Waals surface area contributed by atoms with Crippen LogP contribution in [-0.4, -0.2) is 45.1 Å². The third-order valence-corrected chi connectivity index (χ3v) is 4.26. The van der Waals surface area contributed by atoms with Crippen molar-refractivity contribution in [2.24, 2.45) is 23.4 Å². The van der Waals surface area contributed by atoms with Crippen LogP contribution in [0.3, 0.4) is 0 Å². The maximum absolute atomic E-state index is 8.82. The van der Waals surface area contributed by atoms with Gasteiger partial charge in [0.15, 0.2) is 0 Å². The zero-order valence-electron chi connectivity index (χ0n) is 11.7. The molecule has 2 rings (SSSR count). The number of nitrogens with zero attached hydrogens (tertiary/aromatic N) is 4. The van der Waals surface area contributed by atoms with Crippen molar-refractivity contribution in [2.45, 2.75) is 26.2 Å². The molecular weight excluding hydrogens is 242 g/mol. The molecule has 2 heterocycles. The van der Waals surface area contributed by atoms with E-state index in [0.717, 1.165) is 44.7 Å². The summed E-state index contributed by atoms with van der Waals surface area (Å²) in [5.74, 6) is 1.47. The van der Waals surface area contributed by atoms with Crippen LogP contribution in [0.5, 0.6) is 0 Å². The van der Waals surface area contributed by atoms with Gasteiger partial charge in [-0.1, -0.05) is 12.1 Å². The van der Waals surface area contributed by atoms with E-state index >= 15 is 0 Å². The average Bonchev–Trinajstić information content (AvgIpc) is 2.83. The third kappa shape index (κ3) is 3.07. The molecule has 19 heavy (non-hydrogen) atoms. The van der Waals surface area contributed by atoms with Crippen molar-refractivity contribution in [3.8, 4) is 0 Å². The Morgan fingerprint density at radius 1 is 1.53 bits per heavy atom. The summed E-state index contributed by atoms with van der Waals surface area (Å²) in [7, 11) is 2.02. The highest BCUT2D eigenvalue weighted by molar-refractivity contribution is 5.85. The van der Waals surface area contributed by atoms with Crippen molar-refractivity contribution >= 4 is 5.84 Å². The predicted molar refractivity (Wildman–Crippen MR) is 74.1 cm³/mol. The van der Waals surface area contributed by atoms with Gasteiger partial charge in [0.05, 0.1) is 0 Å². The summed E-state index contributed by atoms with van der Waals surface area (Å²) in [6.45, 7) is 5.05. The Labute approximate surface area is 113 Å². The van der Waals surface area contributed by atoms with Gasteiger partial charge in [-0.3, -0.25) is 0 Å². The minimum atomic E-state index is -0.158. The van der Waals surface area contributed by atoms with Crippen molar-refractivity contribution in [1.82, 2.24) is 14.5 Å². The van der Waals surface area contributed by atoms with Gasteiger partial charge in [0, 0.05) is 37.8 Å². The normalized spacial score (nSPS) is 20.6. The van der Waals surface area contributed by atoms with E-state index in [1.54, 1.807) is 0 Å². The van der Waals surface area contributed by atoms with Crippen molar-refractivity contribution in [3.63, 3.8) is 0 Å². The number of aryl methyl sites for hydroxylation is 1. The number of nitrogens with two attached hydrogens (primary N) is 1. The SMILES string of the molecule is Cn1ccnc1CCN1CCC(C)(/C(N)=N/O)CC1. The summed E-state index contributed by atoms with van der Waals surface area (Å²) in [5, 5.41) is 12.0. The first-order valence-electron chi connectivity index (χ1n) is 6.72. The molecule has 0 aromatic carbocycles. The molecule has 1 saturated heterocycles. The first kappa shape index (κ1) is 13.9. The molecule has 0 spiro atoms. The van der Waals surface area contributed by atoms with E-state index in [1.807, 2.05) is 19.4 Å². The highest BCUT2D eigenvalue weighted by Gasteiger charge is 2.33. The first-order valence-corrected chi connectivity index (χ1v) is 6.72. The molecule has 0 amide bonds. The Balaban J connectivity index is 1.82. The highest BCUT2D eigenvalue weighted by atomic mass is 16.4. The summed E-state index contributed by atoms with van der Waals surface area (Å²) >= 11 is 0. The molecule has 1 aromatic heterocycles. The number of aromatic nitrogens is 2. The minimum Gasteiger partial charge on any atom is -0.409 e. The molecule has 0 radical (unpaired) electrons. The lowest BCUT2D eigenvalue weighted by Gasteiger charge is -2.38. The van der Waals surface area contributed by atoms with Crippen LogP contribution >= 0.6 is 0 Å². The van der Waals surface area contributed by atoms with Gasteiger partial charge >= 0.3 is 0 Å². The van der Waals surface area contributed by atoms with E-state index in [4.69, 9.17) is 10.9 Å². The van der Waals surface area contributed by atoms with E-state index in [2.05, 4.69) is 26.5 Å². The van der Waals surface area contributed by atoms with Crippen molar-refractivity contribution in [2.75, 3.05) is 19.6 Å². The zero-order valence-corrected chi connectivity index (χ0v) is 11.7. The zero-order chi connectivity index (χ0) is 13.9. The van der Waals surface area contributed by atoms with Gasteiger partial charge in [-0.25, -0.2) is 4.98 Å². The summed E-state index contributed by atoms with van der Waals surface area (Å²) in [5.41, 5.74) is 5.61. The van der Waals surface area contributed by atoms with E-state index in [9.17, 15) is 0 Å². The average molecular weight is 265 g/mol. The molecule has 6 nitrogen and oxygen atoms in total. The Morgan fingerprint density at radius 3 is 2.74 bits per heavy atom. The fourth-order valence-electron chi connectivity index (χ4n) is 2.54. The summed E-state index contributed by atoms with van der Waals surface area (Å²) < 4.78 is 2.06. The van der Waals surface area contributed by atoms with Gasteiger partial charge in [0.2, 0.25) is 0 Å². The molecule has 1 aliphatic rings. The van der Waals surface area contributed by atoms with E-state index in [1.165, 1.54) is 0 Å². The number of imidazole rings is 1. The second-order valence-electron chi connectivity index (χ2n) is 5.59. The van der Waals surface area contributed by atoms with Crippen molar-refractivity contribution < 1.29 is 5.21 Å². The van der Waals surface area contributed by atoms with Gasteiger partial charge in [-0.05, 0) is 25.9 Å². The van der Waals surface area contributed by atoms with Gasteiger partial charge in [0.25, 0.3) is 0 Å². The Kier molecular flexibility index (Phi) is 4.09. The van der Waals surface area contributed by atoms with Crippen LogP contribution in [0.15, 0.2) is 17.5 Å². The third-order valence-electron chi connectivity index (χ3n) is 4.26. The van der Waals surface area contributed by atoms with Gasteiger partial charge in [-0.2, -0.15) is 0 Å². The summed E-state index contributed by atoms with van der Waals surface area (Å²) in [6.07, 6.45) is 6.64. The molecule has 1 aliphatic heterocycles. The number of piperidine rings is 1. The van der Waals surface area contributed by atoms with Crippen LogP contribution < -0.4 is 5.73 Å². The van der Waals surface area contributed by atoms with Gasteiger partial charge < -0.3 is 20.4 Å². The fraction of sp³-hybridized carbons (Fsp3) is 0.692. The molecular formula is C13H23N5O. The van der Waals surface area contributed by atoms with E-state index < -0.39 is 0 Å². The first-order chi connectivity index (χ1) is 9.05.